The highest BCUT2D eigenvalue weighted by molar-refractivity contribution is 7.27. The van der Waals surface area contributed by atoms with Crippen LogP contribution in [0.15, 0.2) is 85.2 Å². The first-order chi connectivity index (χ1) is 17.4. The fourth-order valence-corrected chi connectivity index (χ4v) is 7.33. The Morgan fingerprint density at radius 1 is 0.686 bits per heavy atom. The predicted molar refractivity (Wildman–Crippen MR) is 144 cm³/mol. The molecule has 0 saturated carbocycles. The number of imidazole rings is 1. The third-order valence-corrected chi connectivity index (χ3v) is 8.69. The molecule has 1 aliphatic rings. The van der Waals surface area contributed by atoms with Gasteiger partial charge in [-0.15, -0.1) is 11.3 Å². The van der Waals surface area contributed by atoms with Crippen molar-refractivity contribution in [3.8, 4) is 11.1 Å². The number of hydrogen-bond acceptors (Lipinski definition) is 4. The minimum atomic E-state index is 0.750. The monoisotopic (exact) mass is 464 g/mol. The first kappa shape index (κ1) is 18.0. The molecule has 0 fully saturated rings. The lowest BCUT2D eigenvalue weighted by Crippen LogP contribution is -1.93. The van der Waals surface area contributed by atoms with Crippen molar-refractivity contribution in [1.82, 2.24) is 19.4 Å². The van der Waals surface area contributed by atoms with E-state index in [1.807, 2.05) is 35.9 Å². The third-order valence-electron chi connectivity index (χ3n) is 7.50. The fraction of sp³-hybridized carbons (Fsp3) is 0.0333. The van der Waals surface area contributed by atoms with Crippen molar-refractivity contribution >= 4 is 70.1 Å². The Kier molecular flexibility index (Phi) is 3.20. The van der Waals surface area contributed by atoms with E-state index in [9.17, 15) is 0 Å². The van der Waals surface area contributed by atoms with Crippen LogP contribution in [0.25, 0.3) is 69.9 Å². The van der Waals surface area contributed by atoms with Gasteiger partial charge in [-0.1, -0.05) is 42.5 Å². The average Bonchev–Trinajstić information content (AvgIpc) is 3.59. The molecule has 0 saturated heterocycles. The predicted octanol–water partition coefficient (Wildman–Crippen LogP) is 7.52. The lowest BCUT2D eigenvalue weighted by atomic mass is 9.98. The van der Waals surface area contributed by atoms with Gasteiger partial charge < -0.3 is 0 Å². The van der Waals surface area contributed by atoms with Crippen LogP contribution >= 0.6 is 11.3 Å². The number of hydrogen-bond donors (Lipinski definition) is 0. The molecule has 5 aromatic heterocycles. The average molecular weight is 465 g/mol. The van der Waals surface area contributed by atoms with Gasteiger partial charge in [0, 0.05) is 43.3 Å². The van der Waals surface area contributed by atoms with E-state index in [-0.39, 0.29) is 0 Å². The summed E-state index contributed by atoms with van der Waals surface area (Å²) in [7, 11) is 0. The van der Waals surface area contributed by atoms with Crippen LogP contribution in [0.4, 0.5) is 0 Å². The summed E-state index contributed by atoms with van der Waals surface area (Å²) >= 11 is 1.87. The van der Waals surface area contributed by atoms with Gasteiger partial charge >= 0.3 is 0 Å². The Labute approximate surface area is 203 Å². The Bertz CT molecular complexity index is 2200. The molecular weight excluding hydrogens is 448 g/mol. The van der Waals surface area contributed by atoms with Crippen molar-refractivity contribution in [2.45, 2.75) is 6.42 Å². The first-order valence-corrected chi connectivity index (χ1v) is 12.6. The summed E-state index contributed by atoms with van der Waals surface area (Å²) in [6, 6.07) is 26.3. The molecule has 5 heteroatoms. The molecule has 3 aromatic carbocycles. The van der Waals surface area contributed by atoms with Gasteiger partial charge in [0.05, 0.1) is 5.52 Å². The standard InChI is InChI=1S/C30H16N4S/c1-2-6-18-16(5-1)15-17-9-12-23-25(24(17)18)21-11-10-19-20-7-3-14-32-29(20)34-22-8-4-13-31-28(22)33-30(34)26(19)27(21)35-23/h1-14H,15H2. The summed E-state index contributed by atoms with van der Waals surface area (Å²) in [6.45, 7) is 0. The van der Waals surface area contributed by atoms with Gasteiger partial charge in [-0.25, -0.2) is 15.0 Å². The molecular formula is C30H16N4S. The highest BCUT2D eigenvalue weighted by Crippen LogP contribution is 2.49. The van der Waals surface area contributed by atoms with Gasteiger partial charge in [0.1, 0.15) is 5.65 Å². The van der Waals surface area contributed by atoms with Crippen molar-refractivity contribution in [1.29, 1.82) is 0 Å². The number of benzene rings is 3. The van der Waals surface area contributed by atoms with Gasteiger partial charge in [0.25, 0.3) is 0 Å². The van der Waals surface area contributed by atoms with E-state index in [0.717, 1.165) is 34.3 Å². The van der Waals surface area contributed by atoms with Gasteiger partial charge in [-0.2, -0.15) is 0 Å². The topological polar surface area (TPSA) is 43.1 Å². The van der Waals surface area contributed by atoms with Crippen LogP contribution in [0, 0.1) is 0 Å². The number of fused-ring (bicyclic) bond motifs is 16. The lowest BCUT2D eigenvalue weighted by Gasteiger charge is -2.09. The van der Waals surface area contributed by atoms with E-state index in [1.165, 1.54) is 53.2 Å². The van der Waals surface area contributed by atoms with Crippen LogP contribution in [0.1, 0.15) is 11.1 Å². The largest absolute Gasteiger partial charge is 0.274 e. The summed E-state index contributed by atoms with van der Waals surface area (Å²) in [5, 5.41) is 6.17. The van der Waals surface area contributed by atoms with Gasteiger partial charge in [-0.3, -0.25) is 4.40 Å². The molecule has 1 aliphatic carbocycles. The Morgan fingerprint density at radius 3 is 2.57 bits per heavy atom. The van der Waals surface area contributed by atoms with Crippen LogP contribution in [0.2, 0.25) is 0 Å². The van der Waals surface area contributed by atoms with E-state index in [2.05, 4.69) is 70.0 Å². The number of rotatable bonds is 0. The second-order valence-electron chi connectivity index (χ2n) is 9.27. The second kappa shape index (κ2) is 6.20. The maximum atomic E-state index is 5.04. The minimum absolute atomic E-state index is 0.750. The van der Waals surface area contributed by atoms with E-state index < -0.39 is 0 Å². The molecule has 5 heterocycles. The number of thiophene rings is 1. The lowest BCUT2D eigenvalue weighted by molar-refractivity contribution is 1.23. The van der Waals surface area contributed by atoms with Crippen LogP contribution in [-0.4, -0.2) is 19.4 Å². The minimum Gasteiger partial charge on any atom is -0.274 e. The summed E-state index contributed by atoms with van der Waals surface area (Å²) in [4.78, 5) is 14.4. The maximum absolute atomic E-state index is 5.04. The summed E-state index contributed by atoms with van der Waals surface area (Å²) in [5.41, 5.74) is 9.19. The van der Waals surface area contributed by atoms with Crippen molar-refractivity contribution in [3.05, 3.63) is 96.3 Å². The summed E-state index contributed by atoms with van der Waals surface area (Å²) in [5.74, 6) is 0. The summed E-state index contributed by atoms with van der Waals surface area (Å²) < 4.78 is 4.78. The van der Waals surface area contributed by atoms with Gasteiger partial charge in [0.15, 0.2) is 11.3 Å². The molecule has 35 heavy (non-hydrogen) atoms. The zero-order chi connectivity index (χ0) is 22.7. The normalized spacial score (nSPS) is 13.0. The molecule has 0 amide bonds. The van der Waals surface area contributed by atoms with Gasteiger partial charge in [0.2, 0.25) is 0 Å². The van der Waals surface area contributed by atoms with Crippen LogP contribution in [0.5, 0.6) is 0 Å². The SMILES string of the molecule is c1ccc2c(c1)Cc1ccc3sc4c(ccc5c6cccnc6n6c7cccnc7nc6c54)c3c1-2. The van der Waals surface area contributed by atoms with Crippen LogP contribution in [0.3, 0.4) is 0 Å². The molecule has 0 radical (unpaired) electrons. The highest BCUT2D eigenvalue weighted by Gasteiger charge is 2.24. The molecule has 8 aromatic rings. The molecule has 0 spiro atoms. The van der Waals surface area contributed by atoms with E-state index >= 15 is 0 Å². The zero-order valence-corrected chi connectivity index (χ0v) is 19.3. The zero-order valence-electron chi connectivity index (χ0n) is 18.5. The number of pyridine rings is 3. The number of aromatic nitrogens is 4. The molecule has 0 unspecified atom stereocenters. The molecule has 9 rings (SSSR count). The Balaban J connectivity index is 1.56. The van der Waals surface area contributed by atoms with Gasteiger partial charge in [-0.05, 0) is 64.4 Å². The van der Waals surface area contributed by atoms with Crippen LogP contribution in [-0.2, 0) is 6.42 Å². The molecule has 162 valence electrons. The highest BCUT2D eigenvalue weighted by atomic mass is 32.1. The molecule has 0 bridgehead atoms. The van der Waals surface area contributed by atoms with Crippen LogP contribution < -0.4 is 0 Å². The van der Waals surface area contributed by atoms with Crippen molar-refractivity contribution in [2.75, 3.05) is 0 Å². The van der Waals surface area contributed by atoms with E-state index in [0.29, 0.717) is 0 Å². The Hall–Kier alpha value is -4.35. The number of nitrogens with zero attached hydrogens (tertiary/aromatic N) is 4. The fourth-order valence-electron chi connectivity index (χ4n) is 6.08. The summed E-state index contributed by atoms with van der Waals surface area (Å²) in [6.07, 6.45) is 4.67. The second-order valence-corrected chi connectivity index (χ2v) is 10.3. The molecule has 0 aliphatic heterocycles. The first-order valence-electron chi connectivity index (χ1n) is 11.8. The van der Waals surface area contributed by atoms with Crippen molar-refractivity contribution in [3.63, 3.8) is 0 Å². The molecule has 0 atom stereocenters. The maximum Gasteiger partial charge on any atom is 0.178 e. The van der Waals surface area contributed by atoms with E-state index in [1.54, 1.807) is 0 Å². The van der Waals surface area contributed by atoms with Crippen molar-refractivity contribution in [2.24, 2.45) is 0 Å². The smallest absolute Gasteiger partial charge is 0.178 e. The Morgan fingerprint density at radius 2 is 1.57 bits per heavy atom. The molecule has 0 N–H and O–H groups in total. The van der Waals surface area contributed by atoms with E-state index in [4.69, 9.17) is 9.97 Å². The third kappa shape index (κ3) is 2.15. The molecule has 4 nitrogen and oxygen atoms in total. The van der Waals surface area contributed by atoms with Crippen molar-refractivity contribution < 1.29 is 0 Å². The quantitative estimate of drug-likeness (QED) is 0.218.